The molecule has 0 aliphatic heterocycles. The van der Waals surface area contributed by atoms with Crippen molar-refractivity contribution in [1.29, 1.82) is 0 Å². The van der Waals surface area contributed by atoms with Gasteiger partial charge in [-0.25, -0.2) is 4.79 Å². The monoisotopic (exact) mass is 392 g/mol. The first-order valence-electron chi connectivity index (χ1n) is 9.27. The third-order valence-electron chi connectivity index (χ3n) is 4.24. The van der Waals surface area contributed by atoms with E-state index in [0.717, 1.165) is 29.7 Å². The maximum Gasteiger partial charge on any atom is 0.326 e. The summed E-state index contributed by atoms with van der Waals surface area (Å²) < 4.78 is 0. The second-order valence-electron chi connectivity index (χ2n) is 6.48. The van der Waals surface area contributed by atoms with Gasteiger partial charge in [-0.1, -0.05) is 19.4 Å². The molecule has 9 heteroatoms. The lowest BCUT2D eigenvalue weighted by atomic mass is 10.1. The normalized spacial score (nSPS) is 11.5. The third kappa shape index (κ3) is 7.73. The molecule has 1 heterocycles. The number of hydrogen-bond donors (Lipinski definition) is 3. The third-order valence-corrected chi connectivity index (χ3v) is 4.24. The second-order valence-corrected chi connectivity index (χ2v) is 6.48. The van der Waals surface area contributed by atoms with Crippen LogP contribution in [0.5, 0.6) is 0 Å². The number of carboxylic acid groups (broad SMARTS) is 1. The number of nitrogens with zero attached hydrogens (tertiary/aromatic N) is 2. The standard InChI is InChI=1S/C19H28N4O5/c1-3-4-5-14-6-7-15(22-12-14)18(26)21-10-11-23(13(2)24)16(19(27)28)8-9-17(20)25/h6-7,12,16H,3-5,8-11H2,1-2H3,(H2,20,25)(H,21,26)(H,27,28)/t16-/m0/s1. The van der Waals surface area contributed by atoms with Crippen LogP contribution in [0.1, 0.15) is 55.6 Å². The highest BCUT2D eigenvalue weighted by molar-refractivity contribution is 5.92. The van der Waals surface area contributed by atoms with Gasteiger partial charge in [0.05, 0.1) is 0 Å². The van der Waals surface area contributed by atoms with Crippen LogP contribution in [-0.4, -0.2) is 57.8 Å². The van der Waals surface area contributed by atoms with E-state index in [9.17, 15) is 24.3 Å². The summed E-state index contributed by atoms with van der Waals surface area (Å²) in [5.74, 6) is -2.75. The summed E-state index contributed by atoms with van der Waals surface area (Å²) in [5, 5.41) is 12.0. The van der Waals surface area contributed by atoms with Gasteiger partial charge in [-0.3, -0.25) is 19.4 Å². The van der Waals surface area contributed by atoms with Crippen molar-refractivity contribution in [2.45, 2.75) is 52.0 Å². The van der Waals surface area contributed by atoms with Crippen molar-refractivity contribution in [2.24, 2.45) is 5.73 Å². The summed E-state index contributed by atoms with van der Waals surface area (Å²) >= 11 is 0. The molecule has 4 N–H and O–H groups in total. The number of amides is 3. The van der Waals surface area contributed by atoms with Crippen LogP contribution in [0.25, 0.3) is 0 Å². The number of carbonyl (C=O) groups excluding carboxylic acids is 3. The van der Waals surface area contributed by atoms with Gasteiger partial charge in [0.2, 0.25) is 11.8 Å². The summed E-state index contributed by atoms with van der Waals surface area (Å²) in [5.41, 5.74) is 6.36. The minimum Gasteiger partial charge on any atom is -0.480 e. The molecule has 0 radical (unpaired) electrons. The molecule has 1 atom stereocenters. The first-order valence-corrected chi connectivity index (χ1v) is 9.27. The number of unbranched alkanes of at least 4 members (excludes halogenated alkanes) is 1. The molecule has 9 nitrogen and oxygen atoms in total. The van der Waals surface area contributed by atoms with Crippen molar-refractivity contribution >= 4 is 23.7 Å². The number of aliphatic carboxylic acids is 1. The van der Waals surface area contributed by atoms with E-state index in [2.05, 4.69) is 17.2 Å². The van der Waals surface area contributed by atoms with E-state index in [1.165, 1.54) is 6.92 Å². The van der Waals surface area contributed by atoms with Gasteiger partial charge in [0.15, 0.2) is 0 Å². The number of nitrogens with one attached hydrogen (secondary N) is 1. The molecular formula is C19H28N4O5. The molecule has 0 aliphatic carbocycles. The van der Waals surface area contributed by atoms with Gasteiger partial charge < -0.3 is 21.1 Å². The lowest BCUT2D eigenvalue weighted by Crippen LogP contribution is -2.47. The van der Waals surface area contributed by atoms with Gasteiger partial charge >= 0.3 is 5.97 Å². The maximum atomic E-state index is 12.2. The zero-order valence-electron chi connectivity index (χ0n) is 16.3. The quantitative estimate of drug-likeness (QED) is 0.478. The average Bonchev–Trinajstić information content (AvgIpc) is 2.64. The Morgan fingerprint density at radius 3 is 2.50 bits per heavy atom. The number of rotatable bonds is 12. The molecule has 0 fully saturated rings. The van der Waals surface area contributed by atoms with Crippen molar-refractivity contribution in [1.82, 2.24) is 15.2 Å². The first kappa shape index (κ1) is 23.1. The number of pyridine rings is 1. The van der Waals surface area contributed by atoms with E-state index in [4.69, 9.17) is 5.73 Å². The Kier molecular flexibility index (Phi) is 9.63. The Morgan fingerprint density at radius 1 is 1.29 bits per heavy atom. The molecule has 154 valence electrons. The van der Waals surface area contributed by atoms with E-state index in [0.29, 0.717) is 0 Å². The van der Waals surface area contributed by atoms with Crippen molar-refractivity contribution in [3.8, 4) is 0 Å². The number of primary amides is 1. The minimum atomic E-state index is -1.23. The van der Waals surface area contributed by atoms with Gasteiger partial charge in [0.1, 0.15) is 11.7 Å². The van der Waals surface area contributed by atoms with Crippen LogP contribution in [0.3, 0.4) is 0 Å². The van der Waals surface area contributed by atoms with E-state index >= 15 is 0 Å². The van der Waals surface area contributed by atoms with Crippen LogP contribution < -0.4 is 11.1 Å². The molecule has 0 aliphatic rings. The van der Waals surface area contributed by atoms with Crippen LogP contribution in [-0.2, 0) is 20.8 Å². The van der Waals surface area contributed by atoms with Crippen LogP contribution >= 0.6 is 0 Å². The molecule has 0 saturated carbocycles. The zero-order valence-corrected chi connectivity index (χ0v) is 16.3. The molecule has 0 spiro atoms. The van der Waals surface area contributed by atoms with Gasteiger partial charge in [-0.15, -0.1) is 0 Å². The molecule has 28 heavy (non-hydrogen) atoms. The molecule has 0 bridgehead atoms. The summed E-state index contributed by atoms with van der Waals surface area (Å²) in [6, 6.07) is 2.30. The number of nitrogens with two attached hydrogens (primary N) is 1. The zero-order chi connectivity index (χ0) is 21.1. The fraction of sp³-hybridized carbons (Fsp3) is 0.526. The number of carboxylic acids is 1. The van der Waals surface area contributed by atoms with E-state index < -0.39 is 29.7 Å². The van der Waals surface area contributed by atoms with Crippen molar-refractivity contribution < 1.29 is 24.3 Å². The smallest absolute Gasteiger partial charge is 0.326 e. The number of aromatic nitrogens is 1. The number of aryl methyl sites for hydroxylation is 1. The van der Waals surface area contributed by atoms with E-state index in [-0.39, 0.29) is 31.6 Å². The minimum absolute atomic E-state index is 0.00855. The summed E-state index contributed by atoms with van der Waals surface area (Å²) in [4.78, 5) is 51.6. The summed E-state index contributed by atoms with van der Waals surface area (Å²) in [6.07, 6.45) is 4.46. The van der Waals surface area contributed by atoms with E-state index in [1.807, 2.05) is 6.07 Å². The molecule has 1 rings (SSSR count). The Balaban J connectivity index is 2.63. The first-order chi connectivity index (χ1) is 13.3. The Labute approximate surface area is 164 Å². The highest BCUT2D eigenvalue weighted by atomic mass is 16.4. The van der Waals surface area contributed by atoms with Crippen molar-refractivity contribution in [2.75, 3.05) is 13.1 Å². The van der Waals surface area contributed by atoms with Gasteiger partial charge in [0, 0.05) is 32.6 Å². The molecule has 0 saturated heterocycles. The fourth-order valence-electron chi connectivity index (χ4n) is 2.69. The van der Waals surface area contributed by atoms with Crippen molar-refractivity contribution in [3.05, 3.63) is 29.6 Å². The van der Waals surface area contributed by atoms with Crippen LogP contribution in [0, 0.1) is 0 Å². The molecule has 1 aromatic rings. The van der Waals surface area contributed by atoms with Crippen LogP contribution in [0.2, 0.25) is 0 Å². The van der Waals surface area contributed by atoms with E-state index in [1.54, 1.807) is 12.3 Å². The maximum absolute atomic E-state index is 12.2. The Morgan fingerprint density at radius 2 is 2.00 bits per heavy atom. The largest absolute Gasteiger partial charge is 0.480 e. The number of hydrogen-bond acceptors (Lipinski definition) is 5. The molecular weight excluding hydrogens is 364 g/mol. The van der Waals surface area contributed by atoms with Gasteiger partial charge in [0.25, 0.3) is 5.91 Å². The van der Waals surface area contributed by atoms with Crippen LogP contribution in [0.15, 0.2) is 18.3 Å². The topological polar surface area (TPSA) is 143 Å². The molecule has 0 unspecified atom stereocenters. The van der Waals surface area contributed by atoms with Crippen molar-refractivity contribution in [3.63, 3.8) is 0 Å². The summed E-state index contributed by atoms with van der Waals surface area (Å²) in [6.45, 7) is 3.38. The number of carbonyl (C=O) groups is 4. The lowest BCUT2D eigenvalue weighted by molar-refractivity contribution is -0.149. The summed E-state index contributed by atoms with van der Waals surface area (Å²) in [7, 11) is 0. The average molecular weight is 392 g/mol. The Bertz CT molecular complexity index is 690. The fourth-order valence-corrected chi connectivity index (χ4v) is 2.69. The second kappa shape index (κ2) is 11.7. The lowest BCUT2D eigenvalue weighted by Gasteiger charge is -2.27. The Hall–Kier alpha value is -2.97. The molecule has 1 aromatic heterocycles. The van der Waals surface area contributed by atoms with Crippen LogP contribution in [0.4, 0.5) is 0 Å². The molecule has 3 amide bonds. The molecule has 0 aromatic carbocycles. The highest BCUT2D eigenvalue weighted by Crippen LogP contribution is 2.09. The predicted molar refractivity (Wildman–Crippen MR) is 102 cm³/mol. The predicted octanol–water partition coefficient (Wildman–Crippen LogP) is 0.721. The van der Waals surface area contributed by atoms with Gasteiger partial charge in [-0.05, 0) is 30.9 Å². The highest BCUT2D eigenvalue weighted by Gasteiger charge is 2.27. The SMILES string of the molecule is CCCCc1ccc(C(=O)NCCN(C(C)=O)[C@@H](CCC(N)=O)C(=O)O)nc1. The van der Waals surface area contributed by atoms with Gasteiger partial charge in [-0.2, -0.15) is 0 Å².